The average Bonchev–Trinajstić information content (AvgIpc) is 2.96. The van der Waals surface area contributed by atoms with Crippen LogP contribution in [0.5, 0.6) is 11.5 Å². The largest absolute Gasteiger partial charge is 0.493 e. The molecule has 0 amide bonds. The standard InChI is InChI=1S/C35H40O4/c1-4-5-6-7-29-10-14-32(15-11-29)33-16-12-30(13-17-33)8-9-31-22-34(38-20-18-27(2)25-36)24-35(23-31)39-21-19-28(3)26-37/h10-17,22-24,36-37H,2-7,18-21,25-26H2,1H3. The van der Waals surface area contributed by atoms with Gasteiger partial charge in [-0.2, -0.15) is 0 Å². The van der Waals surface area contributed by atoms with Crippen LogP contribution in [0.25, 0.3) is 11.1 Å². The molecular formula is C35H40O4. The second-order valence-corrected chi connectivity index (χ2v) is 9.69. The third kappa shape index (κ3) is 10.5. The van der Waals surface area contributed by atoms with E-state index in [1.807, 2.05) is 30.3 Å². The first-order valence-corrected chi connectivity index (χ1v) is 13.7. The lowest BCUT2D eigenvalue weighted by Gasteiger charge is -2.11. The molecule has 0 radical (unpaired) electrons. The highest BCUT2D eigenvalue weighted by Crippen LogP contribution is 2.24. The zero-order valence-electron chi connectivity index (χ0n) is 23.0. The molecule has 0 aliphatic carbocycles. The third-order valence-corrected chi connectivity index (χ3v) is 6.37. The molecule has 2 N–H and O–H groups in total. The zero-order valence-corrected chi connectivity index (χ0v) is 23.0. The van der Waals surface area contributed by atoms with Gasteiger partial charge in [-0.1, -0.05) is 81.2 Å². The lowest BCUT2D eigenvalue weighted by atomic mass is 10.0. The van der Waals surface area contributed by atoms with Gasteiger partial charge in [-0.05, 0) is 64.9 Å². The highest BCUT2D eigenvalue weighted by molar-refractivity contribution is 5.65. The van der Waals surface area contributed by atoms with Gasteiger partial charge < -0.3 is 19.7 Å². The number of aliphatic hydroxyl groups excluding tert-OH is 2. The van der Waals surface area contributed by atoms with E-state index in [9.17, 15) is 10.2 Å². The summed E-state index contributed by atoms with van der Waals surface area (Å²) in [4.78, 5) is 0. The molecule has 0 saturated heterocycles. The van der Waals surface area contributed by atoms with Gasteiger partial charge >= 0.3 is 0 Å². The maximum absolute atomic E-state index is 9.17. The van der Waals surface area contributed by atoms with Crippen LogP contribution in [0, 0.1) is 11.8 Å². The van der Waals surface area contributed by atoms with Gasteiger partial charge in [0.25, 0.3) is 0 Å². The van der Waals surface area contributed by atoms with Crippen molar-refractivity contribution in [1.29, 1.82) is 0 Å². The Balaban J connectivity index is 1.70. The van der Waals surface area contributed by atoms with E-state index in [0.29, 0.717) is 37.6 Å². The minimum Gasteiger partial charge on any atom is -0.493 e. The first-order valence-electron chi connectivity index (χ1n) is 13.7. The fourth-order valence-corrected chi connectivity index (χ4v) is 3.93. The van der Waals surface area contributed by atoms with Crippen LogP contribution < -0.4 is 9.47 Å². The fraction of sp³-hybridized carbons (Fsp3) is 0.314. The summed E-state index contributed by atoms with van der Waals surface area (Å²) in [6.07, 6.45) is 6.02. The van der Waals surface area contributed by atoms with Gasteiger partial charge in [-0.25, -0.2) is 0 Å². The van der Waals surface area contributed by atoms with Crippen molar-refractivity contribution in [2.75, 3.05) is 26.4 Å². The summed E-state index contributed by atoms with van der Waals surface area (Å²) in [6.45, 7) is 10.5. The zero-order chi connectivity index (χ0) is 27.9. The van der Waals surface area contributed by atoms with E-state index < -0.39 is 0 Å². The Labute approximate surface area is 233 Å². The fourth-order valence-electron chi connectivity index (χ4n) is 3.93. The monoisotopic (exact) mass is 524 g/mol. The number of hydrogen-bond acceptors (Lipinski definition) is 4. The number of benzene rings is 3. The predicted molar refractivity (Wildman–Crippen MR) is 160 cm³/mol. The predicted octanol–water partition coefficient (Wildman–Crippen LogP) is 7.12. The van der Waals surface area contributed by atoms with Crippen LogP contribution in [0.4, 0.5) is 0 Å². The Morgan fingerprint density at radius 3 is 1.72 bits per heavy atom. The average molecular weight is 525 g/mol. The molecule has 39 heavy (non-hydrogen) atoms. The molecule has 0 aromatic heterocycles. The lowest BCUT2D eigenvalue weighted by Crippen LogP contribution is -2.03. The molecule has 3 rings (SSSR count). The van der Waals surface area contributed by atoms with Crippen LogP contribution in [0.1, 0.15) is 55.7 Å². The van der Waals surface area contributed by atoms with Crippen molar-refractivity contribution in [2.24, 2.45) is 0 Å². The van der Waals surface area contributed by atoms with Crippen molar-refractivity contribution in [3.05, 3.63) is 108 Å². The van der Waals surface area contributed by atoms with E-state index in [0.717, 1.165) is 28.7 Å². The first kappa shape index (κ1) is 29.8. The number of aliphatic hydroxyl groups is 2. The van der Waals surface area contributed by atoms with Gasteiger partial charge in [-0.15, -0.1) is 0 Å². The first-order chi connectivity index (χ1) is 19.0. The maximum atomic E-state index is 9.17. The third-order valence-electron chi connectivity index (χ3n) is 6.37. The summed E-state index contributed by atoms with van der Waals surface area (Å²) in [7, 11) is 0. The van der Waals surface area contributed by atoms with Gasteiger partial charge in [0.15, 0.2) is 0 Å². The summed E-state index contributed by atoms with van der Waals surface area (Å²) in [5.74, 6) is 7.74. The van der Waals surface area contributed by atoms with E-state index in [-0.39, 0.29) is 13.2 Å². The Morgan fingerprint density at radius 2 is 1.21 bits per heavy atom. The van der Waals surface area contributed by atoms with Gasteiger partial charge in [0.2, 0.25) is 0 Å². The minimum absolute atomic E-state index is 0.0544. The topological polar surface area (TPSA) is 58.9 Å². The quantitative estimate of drug-likeness (QED) is 0.126. The molecule has 0 unspecified atom stereocenters. The molecule has 0 fully saturated rings. The molecule has 3 aromatic carbocycles. The number of ether oxygens (including phenoxy) is 2. The highest BCUT2D eigenvalue weighted by Gasteiger charge is 2.05. The van der Waals surface area contributed by atoms with E-state index in [1.54, 1.807) is 0 Å². The Morgan fingerprint density at radius 1 is 0.692 bits per heavy atom. The molecule has 0 bridgehead atoms. The van der Waals surface area contributed by atoms with Gasteiger partial charge in [0, 0.05) is 30.0 Å². The van der Waals surface area contributed by atoms with Crippen LogP contribution in [0.3, 0.4) is 0 Å². The second kappa shape index (κ2) is 16.2. The molecule has 0 atom stereocenters. The summed E-state index contributed by atoms with van der Waals surface area (Å²) in [6, 6.07) is 22.7. The van der Waals surface area contributed by atoms with Gasteiger partial charge in [0.05, 0.1) is 26.4 Å². The van der Waals surface area contributed by atoms with Crippen LogP contribution >= 0.6 is 0 Å². The Kier molecular flexibility index (Phi) is 12.4. The summed E-state index contributed by atoms with van der Waals surface area (Å²) in [5.41, 5.74) is 6.89. The van der Waals surface area contributed by atoms with Crippen LogP contribution in [-0.2, 0) is 6.42 Å². The Bertz CT molecular complexity index is 1220. The van der Waals surface area contributed by atoms with Crippen LogP contribution in [0.2, 0.25) is 0 Å². The number of rotatable bonds is 15. The SMILES string of the molecule is C=C(CO)CCOc1cc(C#Cc2ccc(-c3ccc(CCCCC)cc3)cc2)cc(OCCC(=C)CO)c1. The van der Waals surface area contributed by atoms with Gasteiger partial charge in [-0.3, -0.25) is 0 Å². The molecule has 0 aliphatic rings. The molecule has 204 valence electrons. The van der Waals surface area contributed by atoms with Crippen LogP contribution in [-0.4, -0.2) is 36.6 Å². The highest BCUT2D eigenvalue weighted by atomic mass is 16.5. The Hall–Kier alpha value is -3.78. The van der Waals surface area contributed by atoms with Gasteiger partial charge in [0.1, 0.15) is 11.5 Å². The molecule has 0 heterocycles. The number of unbranched alkanes of at least 4 members (excludes halogenated alkanes) is 2. The van der Waals surface area contributed by atoms with Crippen molar-refractivity contribution in [3.63, 3.8) is 0 Å². The molecular weight excluding hydrogens is 484 g/mol. The molecule has 0 aliphatic heterocycles. The summed E-state index contributed by atoms with van der Waals surface area (Å²) < 4.78 is 11.8. The van der Waals surface area contributed by atoms with Crippen molar-refractivity contribution in [3.8, 4) is 34.5 Å². The molecule has 0 spiro atoms. The van der Waals surface area contributed by atoms with E-state index in [1.165, 1.54) is 36.0 Å². The maximum Gasteiger partial charge on any atom is 0.124 e. The van der Waals surface area contributed by atoms with E-state index in [2.05, 4.69) is 68.3 Å². The van der Waals surface area contributed by atoms with Crippen molar-refractivity contribution in [2.45, 2.75) is 45.4 Å². The number of hydrogen-bond donors (Lipinski definition) is 2. The van der Waals surface area contributed by atoms with Crippen molar-refractivity contribution in [1.82, 2.24) is 0 Å². The summed E-state index contributed by atoms with van der Waals surface area (Å²) in [5, 5.41) is 18.3. The van der Waals surface area contributed by atoms with E-state index in [4.69, 9.17) is 9.47 Å². The minimum atomic E-state index is -0.0544. The second-order valence-electron chi connectivity index (χ2n) is 9.69. The van der Waals surface area contributed by atoms with Crippen molar-refractivity contribution < 1.29 is 19.7 Å². The normalized spacial score (nSPS) is 10.4. The van der Waals surface area contributed by atoms with Crippen LogP contribution in [0.15, 0.2) is 91.0 Å². The molecule has 3 aromatic rings. The summed E-state index contributed by atoms with van der Waals surface area (Å²) >= 11 is 0. The number of aryl methyl sites for hydroxylation is 1. The lowest BCUT2D eigenvalue weighted by molar-refractivity contribution is 0.284. The van der Waals surface area contributed by atoms with E-state index >= 15 is 0 Å². The molecule has 0 saturated carbocycles. The molecule has 4 nitrogen and oxygen atoms in total. The molecule has 4 heteroatoms. The smallest absolute Gasteiger partial charge is 0.124 e. The van der Waals surface area contributed by atoms with Crippen molar-refractivity contribution >= 4 is 0 Å².